The largest absolute Gasteiger partial charge is 0.456 e. The van der Waals surface area contributed by atoms with Crippen LogP contribution in [0.15, 0.2) is 186 Å². The number of hydrogen-bond donors (Lipinski definition) is 0. The predicted molar refractivity (Wildman–Crippen MR) is 237 cm³/mol. The molecule has 59 heavy (non-hydrogen) atoms. The monoisotopic (exact) mass is 754 g/mol. The molecule has 0 aliphatic carbocycles. The molecule has 0 unspecified atom stereocenters. The Kier molecular flexibility index (Phi) is 7.16. The molecule has 0 saturated carbocycles. The molecule has 0 radical (unpaired) electrons. The minimum absolute atomic E-state index is 0.493. The Morgan fingerprint density at radius 1 is 0.390 bits per heavy atom. The van der Waals surface area contributed by atoms with Gasteiger partial charge in [-0.05, 0) is 60.7 Å². The maximum absolute atomic E-state index is 10.8. The zero-order valence-electron chi connectivity index (χ0n) is 31.4. The molecular formula is C52H30N6O. The summed E-state index contributed by atoms with van der Waals surface area (Å²) in [7, 11) is 0. The van der Waals surface area contributed by atoms with Crippen LogP contribution in [0, 0.1) is 11.3 Å². The highest BCUT2D eigenvalue weighted by atomic mass is 16.3. The molecule has 4 heterocycles. The highest BCUT2D eigenvalue weighted by Crippen LogP contribution is 2.42. The quantitative estimate of drug-likeness (QED) is 0.175. The summed E-state index contributed by atoms with van der Waals surface area (Å²) in [5.41, 5.74) is 10.7. The second-order valence-electron chi connectivity index (χ2n) is 14.8. The first kappa shape index (κ1) is 32.9. The maximum atomic E-state index is 10.8. The first-order chi connectivity index (χ1) is 29.2. The zero-order chi connectivity index (χ0) is 39.0. The van der Waals surface area contributed by atoms with Crippen LogP contribution in [0.4, 0.5) is 0 Å². The van der Waals surface area contributed by atoms with Gasteiger partial charge in [-0.15, -0.1) is 0 Å². The minimum atomic E-state index is 0.493. The van der Waals surface area contributed by atoms with Gasteiger partial charge in [-0.1, -0.05) is 115 Å². The lowest BCUT2D eigenvalue weighted by atomic mass is 10.1. The van der Waals surface area contributed by atoms with Gasteiger partial charge in [0.2, 0.25) is 0 Å². The molecule has 7 heteroatoms. The molecule has 12 rings (SSSR count). The van der Waals surface area contributed by atoms with Crippen LogP contribution in [0.5, 0.6) is 0 Å². The van der Waals surface area contributed by atoms with Crippen molar-refractivity contribution in [2.45, 2.75) is 0 Å². The summed E-state index contributed by atoms with van der Waals surface area (Å²) in [5, 5.41) is 17.3. The van der Waals surface area contributed by atoms with Crippen LogP contribution in [0.1, 0.15) is 5.56 Å². The zero-order valence-corrected chi connectivity index (χ0v) is 31.4. The van der Waals surface area contributed by atoms with Crippen molar-refractivity contribution in [1.82, 2.24) is 24.1 Å². The van der Waals surface area contributed by atoms with Gasteiger partial charge in [0.25, 0.3) is 0 Å². The Bertz CT molecular complexity index is 3610. The fraction of sp³-hybridized carbons (Fsp3) is 0. The second-order valence-corrected chi connectivity index (χ2v) is 14.8. The lowest BCUT2D eigenvalue weighted by molar-refractivity contribution is 0.670. The predicted octanol–water partition coefficient (Wildman–Crippen LogP) is 12.8. The summed E-state index contributed by atoms with van der Waals surface area (Å²) >= 11 is 0. The molecule has 4 aromatic heterocycles. The third kappa shape index (κ3) is 5.10. The molecule has 274 valence electrons. The molecule has 8 aromatic carbocycles. The molecule has 0 fully saturated rings. The van der Waals surface area contributed by atoms with Gasteiger partial charge in [0.05, 0.1) is 33.3 Å². The third-order valence-corrected chi connectivity index (χ3v) is 11.4. The van der Waals surface area contributed by atoms with Gasteiger partial charge >= 0.3 is 0 Å². The third-order valence-electron chi connectivity index (χ3n) is 11.4. The Morgan fingerprint density at radius 3 is 1.54 bits per heavy atom. The molecule has 12 aromatic rings. The fourth-order valence-electron chi connectivity index (χ4n) is 8.71. The highest BCUT2D eigenvalue weighted by Gasteiger charge is 2.21. The maximum Gasteiger partial charge on any atom is 0.164 e. The van der Waals surface area contributed by atoms with Crippen molar-refractivity contribution in [3.63, 3.8) is 0 Å². The van der Waals surface area contributed by atoms with Gasteiger partial charge in [0.1, 0.15) is 17.2 Å². The lowest BCUT2D eigenvalue weighted by Crippen LogP contribution is -2.02. The average Bonchev–Trinajstić information content (AvgIpc) is 3.94. The van der Waals surface area contributed by atoms with Crippen molar-refractivity contribution < 1.29 is 4.42 Å². The van der Waals surface area contributed by atoms with Crippen LogP contribution in [-0.4, -0.2) is 24.1 Å². The number of aromatic nitrogens is 5. The molecule has 0 atom stereocenters. The van der Waals surface area contributed by atoms with Crippen LogP contribution in [0.3, 0.4) is 0 Å². The van der Waals surface area contributed by atoms with Crippen LogP contribution in [-0.2, 0) is 0 Å². The van der Waals surface area contributed by atoms with E-state index in [0.29, 0.717) is 23.0 Å². The number of nitrogens with zero attached hydrogens (tertiary/aromatic N) is 6. The van der Waals surface area contributed by atoms with E-state index in [-0.39, 0.29) is 0 Å². The van der Waals surface area contributed by atoms with Crippen molar-refractivity contribution >= 4 is 65.6 Å². The molecule has 0 N–H and O–H groups in total. The van der Waals surface area contributed by atoms with Gasteiger partial charge in [-0.25, -0.2) is 15.0 Å². The van der Waals surface area contributed by atoms with E-state index < -0.39 is 0 Å². The average molecular weight is 755 g/mol. The Morgan fingerprint density at radius 2 is 0.898 bits per heavy atom. The van der Waals surface area contributed by atoms with E-state index in [1.54, 1.807) is 0 Å². The molecule has 0 amide bonds. The standard InChI is InChI=1S/C52H30N6O/c53-31-35-26-34(52-55-50(32-14-4-1-5-15-32)54-51(56-52)33-16-6-2-7-17-33)24-25-43(35)58-45-23-13-11-20-37(45)39-27-41-42-28-46-40(29-48(42)59-49(41)30-47(39)58)38-21-10-12-22-44(38)57(46)36-18-8-3-9-19-36/h1-30H. The summed E-state index contributed by atoms with van der Waals surface area (Å²) in [5.74, 6) is 1.63. The molecule has 7 nitrogen and oxygen atoms in total. The van der Waals surface area contributed by atoms with E-state index in [2.05, 4.69) is 106 Å². The minimum Gasteiger partial charge on any atom is -0.456 e. The first-order valence-corrected chi connectivity index (χ1v) is 19.5. The number of benzene rings is 8. The number of furan rings is 1. The van der Waals surface area contributed by atoms with Crippen molar-refractivity contribution in [1.29, 1.82) is 5.26 Å². The van der Waals surface area contributed by atoms with Crippen LogP contribution < -0.4 is 0 Å². The van der Waals surface area contributed by atoms with Crippen molar-refractivity contribution in [2.75, 3.05) is 0 Å². The van der Waals surface area contributed by atoms with E-state index in [1.807, 2.05) is 91.0 Å². The van der Waals surface area contributed by atoms with Gasteiger partial charge < -0.3 is 13.6 Å². The van der Waals surface area contributed by atoms with E-state index >= 15 is 0 Å². The number of nitriles is 1. The number of para-hydroxylation sites is 3. The van der Waals surface area contributed by atoms with Gasteiger partial charge in [0.15, 0.2) is 17.5 Å². The van der Waals surface area contributed by atoms with Gasteiger partial charge in [0, 0.05) is 60.8 Å². The van der Waals surface area contributed by atoms with E-state index in [1.165, 1.54) is 5.39 Å². The summed E-state index contributed by atoms with van der Waals surface area (Å²) in [4.78, 5) is 14.7. The van der Waals surface area contributed by atoms with Crippen LogP contribution in [0.25, 0.3) is 111 Å². The number of hydrogen-bond acceptors (Lipinski definition) is 5. The normalized spacial score (nSPS) is 11.7. The molecule has 0 spiro atoms. The van der Waals surface area contributed by atoms with E-state index in [4.69, 9.17) is 19.4 Å². The second kappa shape index (κ2) is 12.8. The van der Waals surface area contributed by atoms with Crippen molar-refractivity contribution in [3.05, 3.63) is 188 Å². The van der Waals surface area contributed by atoms with Crippen molar-refractivity contribution in [2.24, 2.45) is 0 Å². The van der Waals surface area contributed by atoms with E-state index in [9.17, 15) is 5.26 Å². The Hall–Kier alpha value is -8.34. The fourth-order valence-corrected chi connectivity index (χ4v) is 8.71. The molecular weight excluding hydrogens is 725 g/mol. The number of rotatable bonds is 5. The summed E-state index contributed by atoms with van der Waals surface area (Å²) in [6, 6.07) is 64.4. The Labute approximate surface area is 337 Å². The van der Waals surface area contributed by atoms with Crippen LogP contribution in [0.2, 0.25) is 0 Å². The Balaban J connectivity index is 1.05. The molecule has 0 aliphatic rings. The SMILES string of the molecule is N#Cc1cc(-c2nc(-c3ccccc3)nc(-c3ccccc3)n2)ccc1-n1c2ccccc2c2cc3c(cc21)oc1cc2c4ccccc4n(-c4ccccc4)c2cc13. The molecule has 0 saturated heterocycles. The lowest BCUT2D eigenvalue weighted by Gasteiger charge is -2.12. The smallest absolute Gasteiger partial charge is 0.164 e. The van der Waals surface area contributed by atoms with E-state index in [0.717, 1.165) is 88.2 Å². The molecule has 0 bridgehead atoms. The van der Waals surface area contributed by atoms with Gasteiger partial charge in [-0.3, -0.25) is 0 Å². The molecule has 0 aliphatic heterocycles. The van der Waals surface area contributed by atoms with Crippen molar-refractivity contribution in [3.8, 4) is 51.6 Å². The highest BCUT2D eigenvalue weighted by molar-refractivity contribution is 6.21. The van der Waals surface area contributed by atoms with Crippen LogP contribution >= 0.6 is 0 Å². The first-order valence-electron chi connectivity index (χ1n) is 19.5. The topological polar surface area (TPSA) is 85.5 Å². The summed E-state index contributed by atoms with van der Waals surface area (Å²) < 4.78 is 11.2. The van der Waals surface area contributed by atoms with Gasteiger partial charge in [-0.2, -0.15) is 5.26 Å². The number of fused-ring (bicyclic) bond motifs is 9. The summed E-state index contributed by atoms with van der Waals surface area (Å²) in [6.07, 6.45) is 0. The summed E-state index contributed by atoms with van der Waals surface area (Å²) in [6.45, 7) is 0.